The molecule has 0 radical (unpaired) electrons. The van der Waals surface area contributed by atoms with E-state index in [0.29, 0.717) is 11.3 Å². The zero-order chi connectivity index (χ0) is 11.7. The number of hydrogen-bond donors (Lipinski definition) is 1. The quantitative estimate of drug-likeness (QED) is 0.838. The van der Waals surface area contributed by atoms with Gasteiger partial charge in [0.25, 0.3) is 0 Å². The van der Waals surface area contributed by atoms with Crippen molar-refractivity contribution in [2.45, 2.75) is 6.92 Å². The molecule has 1 aromatic carbocycles. The first-order valence-electron chi connectivity index (χ1n) is 4.80. The molecule has 0 aliphatic rings. The van der Waals surface area contributed by atoms with Gasteiger partial charge in [-0.25, -0.2) is 9.78 Å². The van der Waals surface area contributed by atoms with Gasteiger partial charge in [0.05, 0.1) is 12.7 Å². The Morgan fingerprint density at radius 1 is 1.38 bits per heavy atom. The lowest BCUT2D eigenvalue weighted by Gasteiger charge is -2.06. The highest BCUT2D eigenvalue weighted by Crippen LogP contribution is 2.25. The summed E-state index contributed by atoms with van der Waals surface area (Å²) in [4.78, 5) is 15.1. The van der Waals surface area contributed by atoms with E-state index in [1.165, 1.54) is 7.11 Å². The third-order valence-electron chi connectivity index (χ3n) is 2.37. The number of carboxylic acids is 1. The van der Waals surface area contributed by atoms with Crippen molar-refractivity contribution in [3.63, 3.8) is 0 Å². The van der Waals surface area contributed by atoms with E-state index in [1.807, 2.05) is 13.0 Å². The van der Waals surface area contributed by atoms with Crippen molar-refractivity contribution in [1.82, 2.24) is 4.98 Å². The molecule has 0 saturated carbocycles. The van der Waals surface area contributed by atoms with E-state index >= 15 is 0 Å². The molecule has 1 N–H and O–H groups in total. The topological polar surface area (TPSA) is 59.4 Å². The number of ether oxygens (including phenoxy) is 1. The average Bonchev–Trinajstić information content (AvgIpc) is 2.27. The Kier molecular flexibility index (Phi) is 2.48. The third kappa shape index (κ3) is 1.69. The van der Waals surface area contributed by atoms with Crippen molar-refractivity contribution in [2.24, 2.45) is 0 Å². The summed E-state index contributed by atoms with van der Waals surface area (Å²) in [6.07, 6.45) is 0. The first-order chi connectivity index (χ1) is 7.61. The van der Waals surface area contributed by atoms with E-state index in [4.69, 9.17) is 9.84 Å². The Balaban J connectivity index is 2.75. The van der Waals surface area contributed by atoms with Gasteiger partial charge in [0.1, 0.15) is 0 Å². The van der Waals surface area contributed by atoms with E-state index in [2.05, 4.69) is 4.98 Å². The van der Waals surface area contributed by atoms with Crippen LogP contribution in [0.4, 0.5) is 0 Å². The predicted octanol–water partition coefficient (Wildman–Crippen LogP) is 2.25. The van der Waals surface area contributed by atoms with E-state index in [-0.39, 0.29) is 5.56 Å². The molecule has 0 amide bonds. The summed E-state index contributed by atoms with van der Waals surface area (Å²) in [7, 11) is 1.52. The van der Waals surface area contributed by atoms with Crippen molar-refractivity contribution in [3.05, 3.63) is 35.5 Å². The van der Waals surface area contributed by atoms with Gasteiger partial charge in [-0.3, -0.25) is 0 Å². The van der Waals surface area contributed by atoms with Crippen LogP contribution >= 0.6 is 0 Å². The van der Waals surface area contributed by atoms with Crippen molar-refractivity contribution < 1.29 is 14.6 Å². The number of aromatic carboxylic acids is 1. The zero-order valence-electron chi connectivity index (χ0n) is 9.02. The maximum Gasteiger partial charge on any atom is 0.335 e. The van der Waals surface area contributed by atoms with Gasteiger partial charge in [0.15, 0.2) is 0 Å². The molecule has 0 aliphatic carbocycles. The lowest BCUT2D eigenvalue weighted by molar-refractivity contribution is 0.0697. The highest BCUT2D eigenvalue weighted by Gasteiger charge is 2.08. The molecule has 0 unspecified atom stereocenters. The maximum absolute atomic E-state index is 10.8. The zero-order valence-corrected chi connectivity index (χ0v) is 9.02. The molecular formula is C12H11NO3. The third-order valence-corrected chi connectivity index (χ3v) is 2.37. The van der Waals surface area contributed by atoms with E-state index < -0.39 is 5.97 Å². The van der Waals surface area contributed by atoms with Crippen LogP contribution in [0.25, 0.3) is 10.8 Å². The van der Waals surface area contributed by atoms with Crippen molar-refractivity contribution in [1.29, 1.82) is 0 Å². The first kappa shape index (κ1) is 10.4. The molecule has 2 rings (SSSR count). The number of methoxy groups -OCH3 is 1. The largest absolute Gasteiger partial charge is 0.481 e. The fourth-order valence-electron chi connectivity index (χ4n) is 1.63. The Labute approximate surface area is 92.5 Å². The van der Waals surface area contributed by atoms with Crippen LogP contribution in [0.2, 0.25) is 0 Å². The first-order valence-corrected chi connectivity index (χ1v) is 4.80. The van der Waals surface area contributed by atoms with Crippen LogP contribution in [0.3, 0.4) is 0 Å². The monoisotopic (exact) mass is 217 g/mol. The normalized spacial score (nSPS) is 10.4. The van der Waals surface area contributed by atoms with Crippen LogP contribution in [-0.2, 0) is 0 Å². The summed E-state index contributed by atoms with van der Waals surface area (Å²) in [5, 5.41) is 10.5. The van der Waals surface area contributed by atoms with Crippen LogP contribution in [-0.4, -0.2) is 23.2 Å². The molecule has 0 bridgehead atoms. The molecule has 0 saturated heterocycles. The van der Waals surface area contributed by atoms with Gasteiger partial charge < -0.3 is 9.84 Å². The minimum Gasteiger partial charge on any atom is -0.481 e. The summed E-state index contributed by atoms with van der Waals surface area (Å²) in [6.45, 7) is 1.87. The van der Waals surface area contributed by atoms with Gasteiger partial charge in [-0.2, -0.15) is 0 Å². The Hall–Kier alpha value is -2.10. The number of aryl methyl sites for hydroxylation is 1. The second-order valence-corrected chi connectivity index (χ2v) is 3.51. The van der Waals surface area contributed by atoms with Gasteiger partial charge in [-0.15, -0.1) is 0 Å². The summed E-state index contributed by atoms with van der Waals surface area (Å²) in [6, 6.07) is 6.80. The number of carbonyl (C=O) groups is 1. The molecule has 2 aromatic rings. The van der Waals surface area contributed by atoms with Gasteiger partial charge in [0.2, 0.25) is 5.88 Å². The fraction of sp³-hybridized carbons (Fsp3) is 0.167. The Bertz CT molecular complexity index is 563. The molecule has 4 heteroatoms. The van der Waals surface area contributed by atoms with Gasteiger partial charge in [0, 0.05) is 11.1 Å². The van der Waals surface area contributed by atoms with Gasteiger partial charge in [-0.05, 0) is 30.5 Å². The second-order valence-electron chi connectivity index (χ2n) is 3.51. The number of hydrogen-bond acceptors (Lipinski definition) is 3. The van der Waals surface area contributed by atoms with Crippen molar-refractivity contribution in [3.8, 4) is 5.88 Å². The highest BCUT2D eigenvalue weighted by atomic mass is 16.5. The van der Waals surface area contributed by atoms with E-state index in [0.717, 1.165) is 11.1 Å². The summed E-state index contributed by atoms with van der Waals surface area (Å²) in [5.41, 5.74) is 1.07. The van der Waals surface area contributed by atoms with Crippen molar-refractivity contribution >= 4 is 16.7 Å². The molecule has 4 nitrogen and oxygen atoms in total. The Morgan fingerprint density at radius 2 is 2.12 bits per heavy atom. The maximum atomic E-state index is 10.8. The highest BCUT2D eigenvalue weighted by molar-refractivity contribution is 5.96. The molecule has 1 aromatic heterocycles. The average molecular weight is 217 g/mol. The van der Waals surface area contributed by atoms with Crippen LogP contribution in [0.5, 0.6) is 5.88 Å². The summed E-state index contributed by atoms with van der Waals surface area (Å²) >= 11 is 0. The minimum absolute atomic E-state index is 0.233. The van der Waals surface area contributed by atoms with E-state index in [9.17, 15) is 4.79 Å². The lowest BCUT2D eigenvalue weighted by Crippen LogP contribution is -1.97. The summed E-state index contributed by atoms with van der Waals surface area (Å²) in [5.74, 6) is -0.498. The molecule has 0 fully saturated rings. The summed E-state index contributed by atoms with van der Waals surface area (Å²) < 4.78 is 5.14. The fourth-order valence-corrected chi connectivity index (χ4v) is 1.63. The standard InChI is InChI=1S/C12H11NO3/c1-7-5-8-3-4-9(12(14)15)6-10(8)11(13-7)16-2/h3-6H,1-2H3,(H,14,15). The van der Waals surface area contributed by atoms with Crippen LogP contribution in [0.15, 0.2) is 24.3 Å². The van der Waals surface area contributed by atoms with Gasteiger partial charge >= 0.3 is 5.97 Å². The number of aromatic nitrogens is 1. The van der Waals surface area contributed by atoms with E-state index in [1.54, 1.807) is 18.2 Å². The predicted molar refractivity (Wildman–Crippen MR) is 60.0 cm³/mol. The molecule has 0 spiro atoms. The number of nitrogens with zero attached hydrogens (tertiary/aromatic N) is 1. The smallest absolute Gasteiger partial charge is 0.335 e. The number of rotatable bonds is 2. The molecule has 0 aliphatic heterocycles. The van der Waals surface area contributed by atoms with Crippen LogP contribution in [0.1, 0.15) is 16.1 Å². The molecule has 82 valence electrons. The lowest BCUT2D eigenvalue weighted by atomic mass is 10.1. The number of benzene rings is 1. The molecule has 16 heavy (non-hydrogen) atoms. The van der Waals surface area contributed by atoms with Crippen molar-refractivity contribution in [2.75, 3.05) is 7.11 Å². The number of fused-ring (bicyclic) bond motifs is 1. The van der Waals surface area contributed by atoms with Crippen LogP contribution < -0.4 is 4.74 Å². The number of pyridine rings is 1. The van der Waals surface area contributed by atoms with Crippen LogP contribution in [0, 0.1) is 6.92 Å². The minimum atomic E-state index is -0.954. The Morgan fingerprint density at radius 3 is 2.75 bits per heavy atom. The molecule has 1 heterocycles. The molecular weight excluding hydrogens is 206 g/mol. The second kappa shape index (κ2) is 3.81. The number of carboxylic acid groups (broad SMARTS) is 1. The molecule has 0 atom stereocenters. The SMILES string of the molecule is COc1nc(C)cc2ccc(C(=O)O)cc12. The van der Waals surface area contributed by atoms with Gasteiger partial charge in [-0.1, -0.05) is 6.07 Å².